The number of carbonyl (C=O) groups excluding carboxylic acids is 1. The molecule has 3 N–H and O–H groups in total. The first-order valence-electron chi connectivity index (χ1n) is 6.39. The molecule has 1 atom stereocenters. The molecule has 7 heteroatoms. The van der Waals surface area contributed by atoms with Crippen LogP contribution in [0, 0.1) is 5.92 Å². The van der Waals surface area contributed by atoms with Gasteiger partial charge in [-0.25, -0.2) is 13.1 Å². The monoisotopic (exact) mass is 277 g/mol. The molecule has 0 aliphatic carbocycles. The van der Waals surface area contributed by atoms with E-state index >= 15 is 0 Å². The topological polar surface area (TPSA) is 87.3 Å². The second kappa shape index (κ2) is 7.06. The van der Waals surface area contributed by atoms with Gasteiger partial charge in [0, 0.05) is 19.1 Å². The van der Waals surface area contributed by atoms with Gasteiger partial charge in [-0.3, -0.25) is 4.79 Å². The van der Waals surface area contributed by atoms with Gasteiger partial charge >= 0.3 is 0 Å². The van der Waals surface area contributed by atoms with E-state index in [4.69, 9.17) is 0 Å². The van der Waals surface area contributed by atoms with Crippen LogP contribution in [0.15, 0.2) is 0 Å². The van der Waals surface area contributed by atoms with E-state index in [1.807, 2.05) is 0 Å². The summed E-state index contributed by atoms with van der Waals surface area (Å²) in [4.78, 5) is 11.7. The molecule has 0 radical (unpaired) electrons. The minimum Gasteiger partial charge on any atom is -0.355 e. The first-order chi connectivity index (χ1) is 8.41. The normalized spacial score (nSPS) is 20.9. The van der Waals surface area contributed by atoms with Crippen molar-refractivity contribution >= 4 is 15.9 Å². The highest BCUT2D eigenvalue weighted by atomic mass is 32.2. The summed E-state index contributed by atoms with van der Waals surface area (Å²) in [5.74, 6) is -0.154. The number of hydrogen-bond acceptors (Lipinski definition) is 4. The Hall–Kier alpha value is -0.660. The van der Waals surface area contributed by atoms with Crippen LogP contribution in [-0.4, -0.2) is 45.8 Å². The van der Waals surface area contributed by atoms with Crippen molar-refractivity contribution in [3.63, 3.8) is 0 Å². The summed E-state index contributed by atoms with van der Waals surface area (Å²) in [5.41, 5.74) is 0. The van der Waals surface area contributed by atoms with Crippen LogP contribution < -0.4 is 15.4 Å². The van der Waals surface area contributed by atoms with Gasteiger partial charge in [0.05, 0.1) is 11.7 Å². The predicted octanol–water partition coefficient (Wildman–Crippen LogP) is -0.570. The number of carbonyl (C=O) groups is 1. The van der Waals surface area contributed by atoms with E-state index in [0.717, 1.165) is 19.4 Å². The second-order valence-corrected chi connectivity index (χ2v) is 6.80. The van der Waals surface area contributed by atoms with E-state index < -0.39 is 10.0 Å². The molecule has 0 aromatic carbocycles. The Bertz CT molecular complexity index is 362. The Balaban J connectivity index is 2.26. The lowest BCUT2D eigenvalue weighted by atomic mass is 9.99. The molecule has 1 amide bonds. The van der Waals surface area contributed by atoms with Gasteiger partial charge in [0.15, 0.2) is 0 Å². The third-order valence-electron chi connectivity index (χ3n) is 2.75. The van der Waals surface area contributed by atoms with Crippen LogP contribution in [0.25, 0.3) is 0 Å². The summed E-state index contributed by atoms with van der Waals surface area (Å²) in [5, 5.41) is 5.84. The summed E-state index contributed by atoms with van der Waals surface area (Å²) in [6.07, 6.45) is 1.86. The van der Waals surface area contributed by atoms with Crippen molar-refractivity contribution in [3.8, 4) is 0 Å². The first kappa shape index (κ1) is 15.4. The zero-order valence-corrected chi connectivity index (χ0v) is 11.8. The number of piperidine rings is 1. The fourth-order valence-electron chi connectivity index (χ4n) is 1.95. The van der Waals surface area contributed by atoms with E-state index in [1.54, 1.807) is 13.8 Å². The number of hydrogen-bond donors (Lipinski definition) is 3. The van der Waals surface area contributed by atoms with Crippen LogP contribution in [0.1, 0.15) is 26.7 Å². The van der Waals surface area contributed by atoms with Crippen LogP contribution in [0.3, 0.4) is 0 Å². The molecule has 106 valence electrons. The van der Waals surface area contributed by atoms with Gasteiger partial charge in [-0.1, -0.05) is 0 Å². The standard InChI is InChI=1S/C11H23N3O3S/c1-9(2)14-18(16,17)7-6-13-11(15)10-4-3-5-12-8-10/h9-10,12,14H,3-8H2,1-2H3,(H,13,15). The van der Waals surface area contributed by atoms with Crippen molar-refractivity contribution in [1.29, 1.82) is 0 Å². The minimum atomic E-state index is -3.29. The van der Waals surface area contributed by atoms with Crippen LogP contribution in [0.2, 0.25) is 0 Å². The lowest BCUT2D eigenvalue weighted by Gasteiger charge is -2.21. The van der Waals surface area contributed by atoms with Gasteiger partial charge in [-0.2, -0.15) is 0 Å². The molecular formula is C11H23N3O3S. The van der Waals surface area contributed by atoms with E-state index in [9.17, 15) is 13.2 Å². The van der Waals surface area contributed by atoms with Crippen LogP contribution in [0.4, 0.5) is 0 Å². The van der Waals surface area contributed by atoms with Gasteiger partial charge in [0.2, 0.25) is 15.9 Å². The molecule has 0 saturated carbocycles. The summed E-state index contributed by atoms with van der Waals surface area (Å²) < 4.78 is 25.5. The predicted molar refractivity (Wildman–Crippen MR) is 70.7 cm³/mol. The van der Waals surface area contributed by atoms with Crippen LogP contribution >= 0.6 is 0 Å². The lowest BCUT2D eigenvalue weighted by molar-refractivity contribution is -0.125. The third-order valence-corrected chi connectivity index (χ3v) is 4.33. The van der Waals surface area contributed by atoms with Crippen molar-refractivity contribution in [2.45, 2.75) is 32.7 Å². The molecule has 1 aliphatic heterocycles. The lowest BCUT2D eigenvalue weighted by Crippen LogP contribution is -2.43. The van der Waals surface area contributed by atoms with E-state index in [1.165, 1.54) is 0 Å². The highest BCUT2D eigenvalue weighted by Crippen LogP contribution is 2.09. The summed E-state index contributed by atoms with van der Waals surface area (Å²) in [7, 11) is -3.29. The fraction of sp³-hybridized carbons (Fsp3) is 0.909. The number of rotatable bonds is 6. The Morgan fingerprint density at radius 3 is 2.72 bits per heavy atom. The molecule has 1 heterocycles. The molecule has 0 spiro atoms. The minimum absolute atomic E-state index is 0.0282. The highest BCUT2D eigenvalue weighted by molar-refractivity contribution is 7.89. The molecule has 1 saturated heterocycles. The average molecular weight is 277 g/mol. The molecule has 1 unspecified atom stereocenters. The maximum Gasteiger partial charge on any atom is 0.224 e. The van der Waals surface area contributed by atoms with Gasteiger partial charge < -0.3 is 10.6 Å². The molecule has 0 bridgehead atoms. The second-order valence-electron chi connectivity index (χ2n) is 4.93. The van der Waals surface area contributed by atoms with Gasteiger partial charge in [0.1, 0.15) is 0 Å². The van der Waals surface area contributed by atoms with Crippen LogP contribution in [0.5, 0.6) is 0 Å². The molecule has 6 nitrogen and oxygen atoms in total. The van der Waals surface area contributed by atoms with Gasteiger partial charge in [-0.15, -0.1) is 0 Å². The van der Waals surface area contributed by atoms with E-state index in [2.05, 4.69) is 15.4 Å². The highest BCUT2D eigenvalue weighted by Gasteiger charge is 2.21. The Morgan fingerprint density at radius 2 is 2.17 bits per heavy atom. The zero-order chi connectivity index (χ0) is 13.6. The summed E-state index contributed by atoms with van der Waals surface area (Å²) >= 11 is 0. The molecule has 1 rings (SSSR count). The van der Waals surface area contributed by atoms with Crippen molar-refractivity contribution in [2.75, 3.05) is 25.4 Å². The molecule has 18 heavy (non-hydrogen) atoms. The van der Waals surface area contributed by atoms with Crippen molar-refractivity contribution in [3.05, 3.63) is 0 Å². The molecule has 0 aromatic heterocycles. The van der Waals surface area contributed by atoms with Crippen molar-refractivity contribution < 1.29 is 13.2 Å². The largest absolute Gasteiger partial charge is 0.355 e. The SMILES string of the molecule is CC(C)NS(=O)(=O)CCNC(=O)C1CCCNC1. The third kappa shape index (κ3) is 5.79. The average Bonchev–Trinajstić information content (AvgIpc) is 2.28. The van der Waals surface area contributed by atoms with Crippen LogP contribution in [-0.2, 0) is 14.8 Å². The summed E-state index contributed by atoms with van der Waals surface area (Å²) in [6.45, 7) is 5.34. The zero-order valence-electron chi connectivity index (χ0n) is 11.0. The number of sulfonamides is 1. The number of nitrogens with one attached hydrogen (secondary N) is 3. The summed E-state index contributed by atoms with van der Waals surface area (Å²) in [6, 6.07) is -0.117. The first-order valence-corrected chi connectivity index (χ1v) is 8.04. The van der Waals surface area contributed by atoms with Gasteiger partial charge in [0.25, 0.3) is 0 Å². The molecule has 1 aliphatic rings. The fourth-order valence-corrected chi connectivity index (χ4v) is 3.15. The smallest absolute Gasteiger partial charge is 0.224 e. The Labute approximate surface area is 109 Å². The molecular weight excluding hydrogens is 254 g/mol. The van der Waals surface area contributed by atoms with Crippen molar-refractivity contribution in [1.82, 2.24) is 15.4 Å². The van der Waals surface area contributed by atoms with E-state index in [-0.39, 0.29) is 30.2 Å². The Kier molecular flexibility index (Phi) is 6.04. The number of amides is 1. The van der Waals surface area contributed by atoms with Crippen molar-refractivity contribution in [2.24, 2.45) is 5.92 Å². The quantitative estimate of drug-likeness (QED) is 0.607. The molecule has 1 fully saturated rings. The maximum atomic E-state index is 11.7. The van der Waals surface area contributed by atoms with E-state index in [0.29, 0.717) is 6.54 Å². The Morgan fingerprint density at radius 1 is 1.44 bits per heavy atom. The maximum absolute atomic E-state index is 11.7. The molecule has 0 aromatic rings. The van der Waals surface area contributed by atoms with Gasteiger partial charge in [-0.05, 0) is 33.2 Å².